The van der Waals surface area contributed by atoms with E-state index in [1.165, 1.54) is 18.5 Å². The summed E-state index contributed by atoms with van der Waals surface area (Å²) in [6.45, 7) is 8.69. The Kier molecular flexibility index (Phi) is 7.91. The topological polar surface area (TPSA) is 32.3 Å². The van der Waals surface area contributed by atoms with Gasteiger partial charge in [-0.3, -0.25) is 4.79 Å². The van der Waals surface area contributed by atoms with E-state index in [0.717, 1.165) is 35.9 Å². The minimum Gasteiger partial charge on any atom is -0.371 e. The van der Waals surface area contributed by atoms with Gasteiger partial charge in [0.25, 0.3) is 0 Å². The summed E-state index contributed by atoms with van der Waals surface area (Å²) >= 11 is 7.54. The average Bonchev–Trinajstić information content (AvgIpc) is 2.73. The van der Waals surface area contributed by atoms with Gasteiger partial charge in [0, 0.05) is 28.7 Å². The quantitative estimate of drug-likeness (QED) is 0.521. The van der Waals surface area contributed by atoms with E-state index in [2.05, 4.69) is 48.3 Å². The van der Waals surface area contributed by atoms with Crippen LogP contribution >= 0.6 is 23.4 Å². The molecule has 0 saturated carbocycles. The van der Waals surface area contributed by atoms with Gasteiger partial charge in [0.1, 0.15) is 0 Å². The largest absolute Gasteiger partial charge is 0.371 e. The summed E-state index contributed by atoms with van der Waals surface area (Å²) in [6.07, 6.45) is 3.36. The third-order valence-electron chi connectivity index (χ3n) is 5.53. The van der Waals surface area contributed by atoms with Crippen molar-refractivity contribution in [1.29, 1.82) is 0 Å². The lowest BCUT2D eigenvalue weighted by Crippen LogP contribution is -2.35. The standard InChI is InChI=1S/C24H31ClN2OS/c1-4-23(29-22-13-9-20(25)10-14-22)24(28)26-18(3)19-7-11-21(12-8-19)27-15-5-6-17(2)16-27/h7-14,17-18,23H,4-6,15-16H2,1-3H3,(H,26,28)/t17-,18-,23-/m0/s1. The van der Waals surface area contributed by atoms with Crippen LogP contribution in [0.5, 0.6) is 0 Å². The van der Waals surface area contributed by atoms with Crippen molar-refractivity contribution in [2.24, 2.45) is 5.92 Å². The van der Waals surface area contributed by atoms with Crippen molar-refractivity contribution >= 4 is 35.0 Å². The van der Waals surface area contributed by atoms with E-state index in [1.54, 1.807) is 11.8 Å². The summed E-state index contributed by atoms with van der Waals surface area (Å²) in [5, 5.41) is 3.78. The first-order valence-corrected chi connectivity index (χ1v) is 11.8. The van der Waals surface area contributed by atoms with Crippen molar-refractivity contribution < 1.29 is 4.79 Å². The molecule has 1 amide bonds. The van der Waals surface area contributed by atoms with Gasteiger partial charge < -0.3 is 10.2 Å². The van der Waals surface area contributed by atoms with Crippen LogP contribution < -0.4 is 10.2 Å². The number of anilines is 1. The predicted molar refractivity (Wildman–Crippen MR) is 125 cm³/mol. The highest BCUT2D eigenvalue weighted by molar-refractivity contribution is 8.00. The molecule has 156 valence electrons. The molecule has 0 aliphatic carbocycles. The Morgan fingerprint density at radius 2 is 1.90 bits per heavy atom. The molecule has 1 heterocycles. The molecule has 2 aromatic rings. The molecular formula is C24H31ClN2OS. The molecule has 1 aliphatic heterocycles. The van der Waals surface area contributed by atoms with Crippen LogP contribution in [0.4, 0.5) is 5.69 Å². The fourth-order valence-corrected chi connectivity index (χ4v) is 4.88. The first-order chi connectivity index (χ1) is 14.0. The normalized spacial score (nSPS) is 18.9. The lowest BCUT2D eigenvalue weighted by Gasteiger charge is -2.33. The Labute approximate surface area is 184 Å². The van der Waals surface area contributed by atoms with Crippen LogP contribution in [0.3, 0.4) is 0 Å². The lowest BCUT2D eigenvalue weighted by atomic mass is 9.99. The van der Waals surface area contributed by atoms with Crippen molar-refractivity contribution in [3.63, 3.8) is 0 Å². The Morgan fingerprint density at radius 3 is 2.52 bits per heavy atom. The van der Waals surface area contributed by atoms with E-state index in [-0.39, 0.29) is 17.2 Å². The van der Waals surface area contributed by atoms with E-state index in [9.17, 15) is 4.79 Å². The molecule has 3 atom stereocenters. The van der Waals surface area contributed by atoms with E-state index in [0.29, 0.717) is 5.02 Å². The third kappa shape index (κ3) is 6.16. The molecule has 0 spiro atoms. The molecule has 29 heavy (non-hydrogen) atoms. The predicted octanol–water partition coefficient (Wildman–Crippen LogP) is 6.32. The average molecular weight is 431 g/mol. The second-order valence-corrected chi connectivity index (χ2v) is 9.70. The number of nitrogens with one attached hydrogen (secondary N) is 1. The van der Waals surface area contributed by atoms with Crippen LogP contribution in [0.1, 0.15) is 51.6 Å². The molecule has 2 aromatic carbocycles. The van der Waals surface area contributed by atoms with Crippen LogP contribution in [0.15, 0.2) is 53.4 Å². The number of nitrogens with zero attached hydrogens (tertiary/aromatic N) is 1. The molecule has 0 unspecified atom stereocenters. The van der Waals surface area contributed by atoms with Crippen molar-refractivity contribution in [3.05, 3.63) is 59.1 Å². The molecule has 1 saturated heterocycles. The van der Waals surface area contributed by atoms with Gasteiger partial charge in [0.05, 0.1) is 11.3 Å². The molecule has 0 radical (unpaired) electrons. The van der Waals surface area contributed by atoms with Gasteiger partial charge in [-0.05, 0) is 74.1 Å². The van der Waals surface area contributed by atoms with Gasteiger partial charge in [-0.25, -0.2) is 0 Å². The van der Waals surface area contributed by atoms with Gasteiger partial charge in [0.15, 0.2) is 0 Å². The maximum atomic E-state index is 12.8. The molecule has 0 aromatic heterocycles. The number of rotatable bonds is 7. The van der Waals surface area contributed by atoms with E-state index in [4.69, 9.17) is 11.6 Å². The van der Waals surface area contributed by atoms with Crippen molar-refractivity contribution in [2.45, 2.75) is 56.2 Å². The maximum Gasteiger partial charge on any atom is 0.233 e. The minimum absolute atomic E-state index is 0.0169. The van der Waals surface area contributed by atoms with Gasteiger partial charge in [-0.2, -0.15) is 0 Å². The Bertz CT molecular complexity index is 794. The third-order valence-corrected chi connectivity index (χ3v) is 7.16. The van der Waals surface area contributed by atoms with Crippen LogP contribution in [0, 0.1) is 5.92 Å². The first-order valence-electron chi connectivity index (χ1n) is 10.5. The fraction of sp³-hybridized carbons (Fsp3) is 0.458. The highest BCUT2D eigenvalue weighted by Crippen LogP contribution is 2.28. The molecule has 1 N–H and O–H groups in total. The van der Waals surface area contributed by atoms with Crippen LogP contribution in [-0.4, -0.2) is 24.2 Å². The molecule has 1 fully saturated rings. The van der Waals surface area contributed by atoms with Gasteiger partial charge in [-0.15, -0.1) is 11.8 Å². The maximum absolute atomic E-state index is 12.8. The van der Waals surface area contributed by atoms with E-state index in [1.807, 2.05) is 31.2 Å². The molecule has 3 nitrogen and oxygen atoms in total. The zero-order valence-corrected chi connectivity index (χ0v) is 19.1. The summed E-state index contributed by atoms with van der Waals surface area (Å²) in [4.78, 5) is 16.3. The van der Waals surface area contributed by atoms with Gasteiger partial charge in [0.2, 0.25) is 5.91 Å². The molecular weight excluding hydrogens is 400 g/mol. The number of carbonyl (C=O) groups excluding carboxylic acids is 1. The van der Waals surface area contributed by atoms with E-state index >= 15 is 0 Å². The zero-order valence-electron chi connectivity index (χ0n) is 17.5. The number of hydrogen-bond donors (Lipinski definition) is 1. The van der Waals surface area contributed by atoms with Gasteiger partial charge >= 0.3 is 0 Å². The number of amides is 1. The molecule has 1 aliphatic rings. The highest BCUT2D eigenvalue weighted by atomic mass is 35.5. The van der Waals surface area contributed by atoms with Crippen LogP contribution in [0.25, 0.3) is 0 Å². The molecule has 3 rings (SSSR count). The number of benzene rings is 2. The summed E-state index contributed by atoms with van der Waals surface area (Å²) in [6, 6.07) is 16.3. The number of carbonyl (C=O) groups is 1. The summed E-state index contributed by atoms with van der Waals surface area (Å²) in [5.74, 6) is 0.833. The highest BCUT2D eigenvalue weighted by Gasteiger charge is 2.21. The SMILES string of the molecule is CC[C@H](Sc1ccc(Cl)cc1)C(=O)N[C@@H](C)c1ccc(N2CCC[C@H](C)C2)cc1. The second-order valence-electron chi connectivity index (χ2n) is 7.98. The van der Waals surface area contributed by atoms with Crippen molar-refractivity contribution in [1.82, 2.24) is 5.32 Å². The number of halogens is 1. The lowest BCUT2D eigenvalue weighted by molar-refractivity contribution is -0.121. The number of hydrogen-bond acceptors (Lipinski definition) is 3. The molecule has 0 bridgehead atoms. The molecule has 5 heteroatoms. The Hall–Kier alpha value is -1.65. The Morgan fingerprint density at radius 1 is 1.21 bits per heavy atom. The number of piperidine rings is 1. The fourth-order valence-electron chi connectivity index (χ4n) is 3.79. The summed E-state index contributed by atoms with van der Waals surface area (Å²) in [5.41, 5.74) is 2.42. The first kappa shape index (κ1) is 22.0. The number of thioether (sulfide) groups is 1. The zero-order chi connectivity index (χ0) is 20.8. The van der Waals surface area contributed by atoms with Gasteiger partial charge in [-0.1, -0.05) is 37.6 Å². The summed E-state index contributed by atoms with van der Waals surface area (Å²) in [7, 11) is 0. The smallest absolute Gasteiger partial charge is 0.233 e. The van der Waals surface area contributed by atoms with Crippen molar-refractivity contribution in [3.8, 4) is 0 Å². The second kappa shape index (κ2) is 10.4. The minimum atomic E-state index is -0.118. The van der Waals surface area contributed by atoms with E-state index < -0.39 is 0 Å². The Balaban J connectivity index is 1.58. The van der Waals surface area contributed by atoms with Crippen molar-refractivity contribution in [2.75, 3.05) is 18.0 Å². The monoisotopic (exact) mass is 430 g/mol. The summed E-state index contributed by atoms with van der Waals surface area (Å²) < 4.78 is 0. The van der Waals surface area contributed by atoms with Crippen LogP contribution in [-0.2, 0) is 4.79 Å². The van der Waals surface area contributed by atoms with Crippen LogP contribution in [0.2, 0.25) is 5.02 Å².